The van der Waals surface area contributed by atoms with E-state index in [0.29, 0.717) is 11.2 Å². The second-order valence-corrected chi connectivity index (χ2v) is 6.59. The summed E-state index contributed by atoms with van der Waals surface area (Å²) in [6.07, 6.45) is -4.40. The molecule has 0 aliphatic heterocycles. The van der Waals surface area contributed by atoms with Crippen molar-refractivity contribution in [1.82, 2.24) is 9.38 Å². The predicted molar refractivity (Wildman–Crippen MR) is 85.6 cm³/mol. The molecule has 132 valence electrons. The minimum atomic E-state index is -4.52. The largest absolute Gasteiger partial charge is 0.481 e. The van der Waals surface area contributed by atoms with E-state index in [2.05, 4.69) is 4.98 Å². The molecule has 0 unspecified atom stereocenters. The molecule has 0 aliphatic rings. The number of H-pyrrole nitrogens is 1. The third-order valence-electron chi connectivity index (χ3n) is 4.21. The molecular weight excluding hydrogens is 337 g/mol. The molecule has 8 heteroatoms. The van der Waals surface area contributed by atoms with Gasteiger partial charge in [0.15, 0.2) is 0 Å². The molecule has 0 atom stereocenters. The number of aromatic amines is 1. The minimum absolute atomic E-state index is 0.0397. The van der Waals surface area contributed by atoms with Gasteiger partial charge in [0.2, 0.25) is 0 Å². The number of aromatic nitrogens is 2. The molecule has 3 aromatic rings. The zero-order valence-corrected chi connectivity index (χ0v) is 13.4. The Morgan fingerprint density at radius 1 is 1.16 bits per heavy atom. The molecule has 0 saturated carbocycles. The molecule has 2 heterocycles. The molecule has 25 heavy (non-hydrogen) atoms. The Labute approximate surface area is 139 Å². The maximum atomic E-state index is 12.9. The summed E-state index contributed by atoms with van der Waals surface area (Å²) >= 11 is 0. The third kappa shape index (κ3) is 2.88. The number of aliphatic carboxylic acids is 1. The van der Waals surface area contributed by atoms with Crippen LogP contribution in [0.3, 0.4) is 0 Å². The summed E-state index contributed by atoms with van der Waals surface area (Å²) in [5.74, 6) is -1.00. The highest BCUT2D eigenvalue weighted by atomic mass is 19.4. The van der Waals surface area contributed by atoms with Crippen LogP contribution in [-0.2, 0) is 17.4 Å². The molecule has 2 aromatic heterocycles. The standard InChI is InChI=1S/C17H15F3N2O3/c1-16(2,15(24)25)8-10-4-6-13-14(23)21-11-7-9(17(18,19)20)3-5-12(11)22(10)13/h3-7H,8H2,1-2H3,(H,21,23)(H,24,25). The van der Waals surface area contributed by atoms with E-state index in [1.807, 2.05) is 0 Å². The lowest BCUT2D eigenvalue weighted by Gasteiger charge is -2.19. The van der Waals surface area contributed by atoms with Crippen molar-refractivity contribution in [3.8, 4) is 0 Å². The van der Waals surface area contributed by atoms with Gasteiger partial charge in [-0.3, -0.25) is 9.59 Å². The summed E-state index contributed by atoms with van der Waals surface area (Å²) in [5, 5.41) is 9.30. The Bertz CT molecular complexity index is 1040. The van der Waals surface area contributed by atoms with Gasteiger partial charge < -0.3 is 14.5 Å². The SMILES string of the molecule is CC(C)(Cc1ccc2c(=O)[nH]c3cc(C(F)(F)F)ccc3n12)C(=O)O. The smallest absolute Gasteiger partial charge is 0.416 e. The zero-order chi connectivity index (χ0) is 18.6. The quantitative estimate of drug-likeness (QED) is 0.758. The third-order valence-corrected chi connectivity index (χ3v) is 4.21. The van der Waals surface area contributed by atoms with E-state index in [-0.39, 0.29) is 17.5 Å². The van der Waals surface area contributed by atoms with Crippen LogP contribution < -0.4 is 5.56 Å². The summed E-state index contributed by atoms with van der Waals surface area (Å²) in [6, 6.07) is 6.24. The summed E-state index contributed by atoms with van der Waals surface area (Å²) in [7, 11) is 0. The van der Waals surface area contributed by atoms with Crippen molar-refractivity contribution < 1.29 is 23.1 Å². The number of hydrogen-bond acceptors (Lipinski definition) is 2. The molecule has 3 rings (SSSR count). The fourth-order valence-corrected chi connectivity index (χ4v) is 2.80. The number of halogens is 3. The van der Waals surface area contributed by atoms with Gasteiger partial charge in [0, 0.05) is 12.1 Å². The second-order valence-electron chi connectivity index (χ2n) is 6.59. The number of hydrogen-bond donors (Lipinski definition) is 2. The van der Waals surface area contributed by atoms with Crippen LogP contribution >= 0.6 is 0 Å². The van der Waals surface area contributed by atoms with Gasteiger partial charge in [0.05, 0.1) is 22.0 Å². The molecule has 0 radical (unpaired) electrons. The number of nitrogens with zero attached hydrogens (tertiary/aromatic N) is 1. The van der Waals surface area contributed by atoms with Crippen molar-refractivity contribution in [2.24, 2.45) is 5.41 Å². The average Bonchev–Trinajstić information content (AvgIpc) is 2.89. The first-order valence-corrected chi connectivity index (χ1v) is 7.48. The van der Waals surface area contributed by atoms with Crippen LogP contribution in [0.1, 0.15) is 25.1 Å². The molecule has 0 fully saturated rings. The first-order valence-electron chi connectivity index (χ1n) is 7.48. The van der Waals surface area contributed by atoms with Crippen molar-refractivity contribution in [1.29, 1.82) is 0 Å². The van der Waals surface area contributed by atoms with E-state index < -0.39 is 28.7 Å². The highest BCUT2D eigenvalue weighted by Crippen LogP contribution is 2.31. The minimum Gasteiger partial charge on any atom is -0.481 e. The number of nitrogens with one attached hydrogen (secondary N) is 1. The topological polar surface area (TPSA) is 74.6 Å². The molecule has 0 bridgehead atoms. The number of carboxylic acid groups (broad SMARTS) is 1. The first kappa shape index (κ1) is 17.1. The molecule has 0 amide bonds. The van der Waals surface area contributed by atoms with Gasteiger partial charge in [-0.05, 0) is 44.2 Å². The van der Waals surface area contributed by atoms with Crippen LogP contribution in [0.25, 0.3) is 16.6 Å². The normalized spacial score (nSPS) is 12.8. The van der Waals surface area contributed by atoms with Gasteiger partial charge in [-0.15, -0.1) is 0 Å². The van der Waals surface area contributed by atoms with E-state index in [9.17, 15) is 27.9 Å². The second kappa shape index (κ2) is 5.37. The molecule has 1 aromatic carbocycles. The van der Waals surface area contributed by atoms with Gasteiger partial charge in [-0.2, -0.15) is 13.2 Å². The van der Waals surface area contributed by atoms with Gasteiger partial charge >= 0.3 is 12.1 Å². The van der Waals surface area contributed by atoms with Crippen molar-refractivity contribution in [2.75, 3.05) is 0 Å². The van der Waals surface area contributed by atoms with Crippen molar-refractivity contribution in [2.45, 2.75) is 26.4 Å². The highest BCUT2D eigenvalue weighted by Gasteiger charge is 2.31. The lowest BCUT2D eigenvalue weighted by atomic mass is 9.88. The van der Waals surface area contributed by atoms with Crippen molar-refractivity contribution in [3.05, 3.63) is 51.9 Å². The van der Waals surface area contributed by atoms with Gasteiger partial charge in [0.25, 0.3) is 5.56 Å². The molecule has 5 nitrogen and oxygen atoms in total. The lowest BCUT2D eigenvalue weighted by Crippen LogP contribution is -2.27. The van der Waals surface area contributed by atoms with Crippen molar-refractivity contribution in [3.63, 3.8) is 0 Å². The molecule has 0 saturated heterocycles. The van der Waals surface area contributed by atoms with E-state index >= 15 is 0 Å². The summed E-state index contributed by atoms with van der Waals surface area (Å²) in [4.78, 5) is 26.0. The Kier molecular flexibility index (Phi) is 3.66. The Balaban J connectivity index is 2.28. The molecular formula is C17H15F3N2O3. The predicted octanol–water partition coefficient (Wildman–Crippen LogP) is 3.45. The maximum Gasteiger partial charge on any atom is 0.416 e. The summed E-state index contributed by atoms with van der Waals surface area (Å²) in [6.45, 7) is 3.09. The van der Waals surface area contributed by atoms with Crippen LogP contribution in [-0.4, -0.2) is 20.5 Å². The monoisotopic (exact) mass is 352 g/mol. The van der Waals surface area contributed by atoms with Crippen molar-refractivity contribution >= 4 is 22.5 Å². The van der Waals surface area contributed by atoms with Gasteiger partial charge in [-0.1, -0.05) is 0 Å². The van der Waals surface area contributed by atoms with E-state index in [0.717, 1.165) is 12.1 Å². The maximum absolute atomic E-state index is 12.9. The fraction of sp³-hybridized carbons (Fsp3) is 0.294. The highest BCUT2D eigenvalue weighted by molar-refractivity contribution is 5.80. The fourth-order valence-electron chi connectivity index (χ4n) is 2.80. The van der Waals surface area contributed by atoms with Crippen LogP contribution in [0.5, 0.6) is 0 Å². The van der Waals surface area contributed by atoms with Gasteiger partial charge in [-0.25, -0.2) is 0 Å². The van der Waals surface area contributed by atoms with E-state index in [1.165, 1.54) is 16.5 Å². The summed E-state index contributed by atoms with van der Waals surface area (Å²) in [5.41, 5.74) is -1.28. The number of benzene rings is 1. The first-order chi connectivity index (χ1) is 11.5. The Hall–Kier alpha value is -2.77. The Morgan fingerprint density at radius 2 is 1.80 bits per heavy atom. The number of carbonyl (C=O) groups is 1. The van der Waals surface area contributed by atoms with E-state index in [1.54, 1.807) is 19.9 Å². The van der Waals surface area contributed by atoms with Crippen LogP contribution in [0, 0.1) is 5.41 Å². The van der Waals surface area contributed by atoms with E-state index in [4.69, 9.17) is 0 Å². The van der Waals surface area contributed by atoms with Crippen LogP contribution in [0.4, 0.5) is 13.2 Å². The summed E-state index contributed by atoms with van der Waals surface area (Å²) < 4.78 is 40.2. The molecule has 2 N–H and O–H groups in total. The molecule has 0 spiro atoms. The number of carboxylic acids is 1. The molecule has 0 aliphatic carbocycles. The zero-order valence-electron chi connectivity index (χ0n) is 13.4. The van der Waals surface area contributed by atoms with Gasteiger partial charge in [0.1, 0.15) is 5.52 Å². The number of alkyl halides is 3. The van der Waals surface area contributed by atoms with Crippen LogP contribution in [0.2, 0.25) is 0 Å². The van der Waals surface area contributed by atoms with Crippen LogP contribution in [0.15, 0.2) is 35.1 Å². The average molecular weight is 352 g/mol. The number of rotatable bonds is 3. The lowest BCUT2D eigenvalue weighted by molar-refractivity contribution is -0.146. The number of fused-ring (bicyclic) bond motifs is 3. The Morgan fingerprint density at radius 3 is 2.40 bits per heavy atom.